The van der Waals surface area contributed by atoms with E-state index < -0.39 is 0 Å². The Bertz CT molecular complexity index is 1020. The number of nitrogen functional groups attached to an aromatic ring is 1. The number of fused-ring (bicyclic) bond motifs is 2. The summed E-state index contributed by atoms with van der Waals surface area (Å²) in [5.74, 6) is 1.35. The Labute approximate surface area is 164 Å². The third kappa shape index (κ3) is 3.17. The number of nitrogens with two attached hydrogens (primary N) is 1. The first-order chi connectivity index (χ1) is 13.6. The molecule has 0 spiro atoms. The molecule has 2 N–H and O–H groups in total. The van der Waals surface area contributed by atoms with E-state index in [4.69, 9.17) is 10.7 Å². The molecule has 0 radical (unpaired) electrons. The maximum Gasteiger partial charge on any atom is 0.261 e. The zero-order valence-electron chi connectivity index (χ0n) is 16.1. The summed E-state index contributed by atoms with van der Waals surface area (Å²) in [5, 5.41) is 0. The topological polar surface area (TPSA) is 75.4 Å². The summed E-state index contributed by atoms with van der Waals surface area (Å²) >= 11 is 0. The number of carbonyl (C=O) groups is 1. The molecule has 0 unspecified atom stereocenters. The number of hydrogen-bond donors (Lipinski definition) is 1. The Morgan fingerprint density at radius 2 is 1.79 bits per heavy atom. The molecule has 142 valence electrons. The van der Waals surface area contributed by atoms with Crippen LogP contribution in [0.3, 0.4) is 0 Å². The maximum absolute atomic E-state index is 12.9. The van der Waals surface area contributed by atoms with E-state index in [1.165, 1.54) is 5.56 Å². The normalized spacial score (nSPS) is 13.1. The van der Waals surface area contributed by atoms with Crippen LogP contribution in [0.15, 0.2) is 54.7 Å². The first-order valence-corrected chi connectivity index (χ1v) is 9.43. The van der Waals surface area contributed by atoms with E-state index in [0.717, 1.165) is 35.7 Å². The molecule has 0 saturated carbocycles. The molecule has 1 aromatic carbocycles. The van der Waals surface area contributed by atoms with Gasteiger partial charge in [0.25, 0.3) is 5.91 Å². The van der Waals surface area contributed by atoms with Crippen LogP contribution in [0.2, 0.25) is 0 Å². The summed E-state index contributed by atoms with van der Waals surface area (Å²) in [6.07, 6.45) is 3.40. The molecule has 0 bridgehead atoms. The number of amides is 1. The molecule has 4 rings (SSSR count). The Morgan fingerprint density at radius 3 is 2.54 bits per heavy atom. The number of aryl methyl sites for hydroxylation is 2. The van der Waals surface area contributed by atoms with Crippen molar-refractivity contribution >= 4 is 28.9 Å². The molecule has 1 aliphatic heterocycles. The van der Waals surface area contributed by atoms with Gasteiger partial charge in [-0.2, -0.15) is 0 Å². The number of hydrogen-bond acceptors (Lipinski definition) is 5. The number of anilines is 4. The van der Waals surface area contributed by atoms with Crippen LogP contribution in [-0.4, -0.2) is 29.5 Å². The molecule has 1 aliphatic rings. The molecule has 3 aromatic rings. The van der Waals surface area contributed by atoms with Crippen LogP contribution in [-0.2, 0) is 12.8 Å². The summed E-state index contributed by atoms with van der Waals surface area (Å²) in [6, 6.07) is 15.5. The van der Waals surface area contributed by atoms with Crippen molar-refractivity contribution in [3.63, 3.8) is 0 Å². The van der Waals surface area contributed by atoms with Crippen molar-refractivity contribution in [3.8, 4) is 0 Å². The van der Waals surface area contributed by atoms with Gasteiger partial charge in [-0.3, -0.25) is 4.79 Å². The predicted octanol–water partition coefficient (Wildman–Crippen LogP) is 3.59. The molecule has 2 aromatic heterocycles. The Morgan fingerprint density at radius 1 is 1.00 bits per heavy atom. The molecule has 0 atom stereocenters. The average Bonchev–Trinajstić information content (AvgIpc) is 2.81. The van der Waals surface area contributed by atoms with Gasteiger partial charge in [-0.15, -0.1) is 0 Å². The van der Waals surface area contributed by atoms with Gasteiger partial charge in [0.15, 0.2) is 5.82 Å². The van der Waals surface area contributed by atoms with Crippen LogP contribution in [0.4, 0.5) is 23.0 Å². The minimum absolute atomic E-state index is 0.0725. The molecule has 0 saturated heterocycles. The van der Waals surface area contributed by atoms with Crippen LogP contribution in [0.5, 0.6) is 0 Å². The Kier molecular flexibility index (Phi) is 4.69. The Balaban J connectivity index is 1.70. The van der Waals surface area contributed by atoms with Gasteiger partial charge in [-0.25, -0.2) is 9.97 Å². The van der Waals surface area contributed by atoms with E-state index in [-0.39, 0.29) is 5.91 Å². The van der Waals surface area contributed by atoms with E-state index in [1.807, 2.05) is 54.3 Å². The second kappa shape index (κ2) is 7.31. The fourth-order valence-corrected chi connectivity index (χ4v) is 3.51. The van der Waals surface area contributed by atoms with Crippen molar-refractivity contribution in [2.24, 2.45) is 0 Å². The van der Waals surface area contributed by atoms with Gasteiger partial charge < -0.3 is 15.5 Å². The highest BCUT2D eigenvalue weighted by atomic mass is 16.2. The second-order valence-corrected chi connectivity index (χ2v) is 6.87. The summed E-state index contributed by atoms with van der Waals surface area (Å²) in [6.45, 7) is 2.72. The van der Waals surface area contributed by atoms with E-state index in [0.29, 0.717) is 17.9 Å². The first kappa shape index (κ1) is 18.0. The predicted molar refractivity (Wildman–Crippen MR) is 112 cm³/mol. The van der Waals surface area contributed by atoms with Crippen molar-refractivity contribution in [2.75, 3.05) is 29.1 Å². The van der Waals surface area contributed by atoms with Gasteiger partial charge in [-0.1, -0.05) is 12.1 Å². The number of pyridine rings is 2. The molecule has 0 fully saturated rings. The lowest BCUT2D eigenvalue weighted by Gasteiger charge is -2.23. The number of nitrogens with zero attached hydrogens (tertiary/aromatic N) is 4. The van der Waals surface area contributed by atoms with Crippen LogP contribution in [0, 0.1) is 0 Å². The van der Waals surface area contributed by atoms with Gasteiger partial charge in [0.2, 0.25) is 0 Å². The molecular weight excluding hydrogens is 350 g/mol. The van der Waals surface area contributed by atoms with Crippen LogP contribution >= 0.6 is 0 Å². The molecule has 0 aliphatic carbocycles. The lowest BCUT2D eigenvalue weighted by atomic mass is 10.1. The largest absolute Gasteiger partial charge is 0.399 e. The first-order valence-electron chi connectivity index (χ1n) is 9.43. The van der Waals surface area contributed by atoms with Gasteiger partial charge in [0, 0.05) is 31.2 Å². The van der Waals surface area contributed by atoms with Gasteiger partial charge >= 0.3 is 0 Å². The zero-order valence-corrected chi connectivity index (χ0v) is 16.1. The van der Waals surface area contributed by atoms with E-state index in [2.05, 4.69) is 4.98 Å². The van der Waals surface area contributed by atoms with Crippen LogP contribution in [0.1, 0.15) is 28.5 Å². The number of aromatic nitrogens is 2. The number of carbonyl (C=O) groups excluding carboxylic acids is 1. The number of rotatable bonds is 4. The van der Waals surface area contributed by atoms with Crippen LogP contribution in [0.25, 0.3) is 0 Å². The highest BCUT2D eigenvalue weighted by Crippen LogP contribution is 2.37. The fourth-order valence-electron chi connectivity index (χ4n) is 3.51. The van der Waals surface area contributed by atoms with Crippen LogP contribution < -0.4 is 15.5 Å². The zero-order chi connectivity index (χ0) is 19.7. The monoisotopic (exact) mass is 373 g/mol. The van der Waals surface area contributed by atoms with Crippen molar-refractivity contribution < 1.29 is 4.79 Å². The Hall–Kier alpha value is -3.41. The molecule has 28 heavy (non-hydrogen) atoms. The lowest BCUT2D eigenvalue weighted by Crippen LogP contribution is -2.25. The highest BCUT2D eigenvalue weighted by Gasteiger charge is 2.30. The molecule has 6 nitrogen and oxygen atoms in total. The smallest absolute Gasteiger partial charge is 0.261 e. The summed E-state index contributed by atoms with van der Waals surface area (Å²) in [7, 11) is 1.78. The molecule has 3 heterocycles. The summed E-state index contributed by atoms with van der Waals surface area (Å²) < 4.78 is 0. The minimum atomic E-state index is -0.0725. The van der Waals surface area contributed by atoms with E-state index in [1.54, 1.807) is 24.2 Å². The molecular formula is C22H23N5O. The summed E-state index contributed by atoms with van der Waals surface area (Å²) in [4.78, 5) is 26.0. The van der Waals surface area contributed by atoms with Crippen molar-refractivity contribution in [1.82, 2.24) is 9.97 Å². The molecule has 1 amide bonds. The lowest BCUT2D eigenvalue weighted by molar-refractivity contribution is 0.0994. The van der Waals surface area contributed by atoms with E-state index in [9.17, 15) is 4.79 Å². The SMILES string of the molecule is CCN1c2ncccc2C(=O)N(C)c2ccc(CCc3ccc(N)cc3)nc21. The van der Waals surface area contributed by atoms with Gasteiger partial charge in [0.05, 0.1) is 11.3 Å². The molecule has 6 heteroatoms. The second-order valence-electron chi connectivity index (χ2n) is 6.87. The third-order valence-electron chi connectivity index (χ3n) is 5.07. The van der Waals surface area contributed by atoms with Crippen molar-refractivity contribution in [2.45, 2.75) is 19.8 Å². The average molecular weight is 373 g/mol. The maximum atomic E-state index is 12.9. The minimum Gasteiger partial charge on any atom is -0.399 e. The standard InChI is InChI=1S/C22H23N5O/c1-3-27-20-18(5-4-14-24-20)22(28)26(2)19-13-12-17(25-21(19)27)11-8-15-6-9-16(23)10-7-15/h4-7,9-10,12-14H,3,8,11,23H2,1-2H3. The summed E-state index contributed by atoms with van der Waals surface area (Å²) in [5.41, 5.74) is 10.1. The van der Waals surface area contributed by atoms with Gasteiger partial charge in [0.1, 0.15) is 5.82 Å². The fraction of sp³-hybridized carbons (Fsp3) is 0.227. The highest BCUT2D eigenvalue weighted by molar-refractivity contribution is 6.12. The third-order valence-corrected chi connectivity index (χ3v) is 5.07. The quantitative estimate of drug-likeness (QED) is 0.707. The van der Waals surface area contributed by atoms with E-state index >= 15 is 0 Å². The van der Waals surface area contributed by atoms with Crippen molar-refractivity contribution in [3.05, 3.63) is 71.5 Å². The number of benzene rings is 1. The van der Waals surface area contributed by atoms with Gasteiger partial charge in [-0.05, 0) is 61.7 Å². The van der Waals surface area contributed by atoms with Crippen molar-refractivity contribution in [1.29, 1.82) is 0 Å².